The third kappa shape index (κ3) is 3.98. The molecule has 3 nitrogen and oxygen atoms in total. The van der Waals surface area contributed by atoms with Gasteiger partial charge in [-0.15, -0.1) is 0 Å². The van der Waals surface area contributed by atoms with E-state index in [1.54, 1.807) is 0 Å². The van der Waals surface area contributed by atoms with Gasteiger partial charge in [0.25, 0.3) is 0 Å². The summed E-state index contributed by atoms with van der Waals surface area (Å²) >= 11 is 0. The lowest BCUT2D eigenvalue weighted by Gasteiger charge is -2.28. The first-order chi connectivity index (χ1) is 8.79. The van der Waals surface area contributed by atoms with Gasteiger partial charge in [0.2, 0.25) is 5.91 Å². The van der Waals surface area contributed by atoms with Crippen LogP contribution in [0.5, 0.6) is 0 Å². The molecule has 0 spiro atoms. The van der Waals surface area contributed by atoms with E-state index in [1.807, 2.05) is 0 Å². The van der Waals surface area contributed by atoms with Crippen LogP contribution in [0, 0.1) is 17.8 Å². The number of amides is 1. The Kier molecular flexibility index (Phi) is 5.48. The molecule has 2 saturated carbocycles. The lowest BCUT2D eigenvalue weighted by atomic mass is 9.81. The molecule has 0 saturated heterocycles. The second kappa shape index (κ2) is 7.13. The molecule has 18 heavy (non-hydrogen) atoms. The van der Waals surface area contributed by atoms with Crippen molar-refractivity contribution >= 4 is 5.91 Å². The molecule has 1 amide bonds. The standard InChI is InChI=1S/C15H28N2O/c16-10-12-6-8-14(9-7-12)15(18)17-11-13-4-2-1-3-5-13/h12-14H,1-11,16H2,(H,17,18). The zero-order valence-electron chi connectivity index (χ0n) is 11.5. The molecule has 0 unspecified atom stereocenters. The van der Waals surface area contributed by atoms with E-state index in [4.69, 9.17) is 5.73 Å². The number of carbonyl (C=O) groups is 1. The first-order valence-electron chi connectivity index (χ1n) is 7.77. The van der Waals surface area contributed by atoms with Gasteiger partial charge in [-0.25, -0.2) is 0 Å². The van der Waals surface area contributed by atoms with Crippen molar-refractivity contribution in [2.75, 3.05) is 13.1 Å². The fraction of sp³-hybridized carbons (Fsp3) is 0.933. The molecule has 0 bridgehead atoms. The molecule has 0 aliphatic heterocycles. The van der Waals surface area contributed by atoms with Gasteiger partial charge in [0.05, 0.1) is 0 Å². The molecule has 0 aromatic rings. The van der Waals surface area contributed by atoms with Crippen LogP contribution in [-0.2, 0) is 4.79 Å². The van der Waals surface area contributed by atoms with Crippen molar-refractivity contribution in [3.63, 3.8) is 0 Å². The van der Waals surface area contributed by atoms with E-state index in [0.29, 0.717) is 11.8 Å². The van der Waals surface area contributed by atoms with Crippen LogP contribution in [0.3, 0.4) is 0 Å². The monoisotopic (exact) mass is 252 g/mol. The molecule has 0 atom stereocenters. The lowest BCUT2D eigenvalue weighted by molar-refractivity contribution is -0.126. The Balaban J connectivity index is 1.65. The average molecular weight is 252 g/mol. The van der Waals surface area contributed by atoms with E-state index in [2.05, 4.69) is 5.32 Å². The minimum absolute atomic E-state index is 0.261. The van der Waals surface area contributed by atoms with Crippen LogP contribution in [0.15, 0.2) is 0 Å². The maximum absolute atomic E-state index is 12.1. The minimum Gasteiger partial charge on any atom is -0.356 e. The highest BCUT2D eigenvalue weighted by molar-refractivity contribution is 5.78. The van der Waals surface area contributed by atoms with Gasteiger partial charge in [0.15, 0.2) is 0 Å². The third-order valence-electron chi connectivity index (χ3n) is 4.84. The van der Waals surface area contributed by atoms with Gasteiger partial charge in [-0.05, 0) is 56.9 Å². The summed E-state index contributed by atoms with van der Waals surface area (Å²) in [5, 5.41) is 3.18. The molecule has 3 N–H and O–H groups in total. The van der Waals surface area contributed by atoms with Crippen molar-refractivity contribution in [2.45, 2.75) is 57.8 Å². The number of rotatable bonds is 4. The van der Waals surface area contributed by atoms with Gasteiger partial charge in [-0.1, -0.05) is 19.3 Å². The summed E-state index contributed by atoms with van der Waals surface area (Å²) in [5.74, 6) is 1.96. The molecule has 0 radical (unpaired) electrons. The molecule has 2 fully saturated rings. The second-order valence-electron chi connectivity index (χ2n) is 6.20. The molecule has 3 heteroatoms. The predicted octanol–water partition coefficient (Wildman–Crippen LogP) is 2.45. The van der Waals surface area contributed by atoms with Gasteiger partial charge in [-0.2, -0.15) is 0 Å². The second-order valence-corrected chi connectivity index (χ2v) is 6.20. The summed E-state index contributed by atoms with van der Waals surface area (Å²) in [6, 6.07) is 0. The molecule has 2 aliphatic rings. The summed E-state index contributed by atoms with van der Waals surface area (Å²) < 4.78 is 0. The highest BCUT2D eigenvalue weighted by Gasteiger charge is 2.26. The Morgan fingerprint density at radius 3 is 2.22 bits per heavy atom. The molecule has 104 valence electrons. The number of hydrogen-bond acceptors (Lipinski definition) is 2. The summed E-state index contributed by atoms with van der Waals surface area (Å²) in [6.07, 6.45) is 11.0. The first-order valence-corrected chi connectivity index (χ1v) is 7.77. The quantitative estimate of drug-likeness (QED) is 0.807. The molecule has 0 aromatic carbocycles. The fourth-order valence-corrected chi connectivity index (χ4v) is 3.44. The third-order valence-corrected chi connectivity index (χ3v) is 4.84. The van der Waals surface area contributed by atoms with Crippen LogP contribution in [0.25, 0.3) is 0 Å². The molecular weight excluding hydrogens is 224 g/mol. The fourth-order valence-electron chi connectivity index (χ4n) is 3.44. The summed E-state index contributed by atoms with van der Waals surface area (Å²) in [7, 11) is 0. The molecule has 0 heterocycles. The first kappa shape index (κ1) is 13.9. The van der Waals surface area contributed by atoms with Gasteiger partial charge in [-0.3, -0.25) is 4.79 Å². The summed E-state index contributed by atoms with van der Waals surface area (Å²) in [4.78, 5) is 12.1. The van der Waals surface area contributed by atoms with Gasteiger partial charge >= 0.3 is 0 Å². The van der Waals surface area contributed by atoms with Crippen LogP contribution in [0.4, 0.5) is 0 Å². The maximum Gasteiger partial charge on any atom is 0.223 e. The predicted molar refractivity (Wildman–Crippen MR) is 74.1 cm³/mol. The Bertz CT molecular complexity index is 253. The van der Waals surface area contributed by atoms with E-state index in [-0.39, 0.29) is 5.92 Å². The van der Waals surface area contributed by atoms with Crippen molar-refractivity contribution in [2.24, 2.45) is 23.5 Å². The van der Waals surface area contributed by atoms with Crippen LogP contribution in [0.2, 0.25) is 0 Å². The number of hydrogen-bond donors (Lipinski definition) is 2. The molecule has 0 aromatic heterocycles. The van der Waals surface area contributed by atoms with Crippen LogP contribution in [0.1, 0.15) is 57.8 Å². The highest BCUT2D eigenvalue weighted by atomic mass is 16.1. The van der Waals surface area contributed by atoms with Gasteiger partial charge < -0.3 is 11.1 Å². The van der Waals surface area contributed by atoms with Crippen molar-refractivity contribution < 1.29 is 4.79 Å². The highest BCUT2D eigenvalue weighted by Crippen LogP contribution is 2.28. The molecule has 2 rings (SSSR count). The zero-order valence-corrected chi connectivity index (χ0v) is 11.5. The molecular formula is C15H28N2O. The van der Waals surface area contributed by atoms with Crippen molar-refractivity contribution in [3.05, 3.63) is 0 Å². The van der Waals surface area contributed by atoms with Crippen LogP contribution < -0.4 is 11.1 Å². The summed E-state index contributed by atoms with van der Waals surface area (Å²) in [5.41, 5.74) is 5.68. The molecule has 2 aliphatic carbocycles. The Labute approximate surface area is 111 Å². The Hall–Kier alpha value is -0.570. The van der Waals surface area contributed by atoms with E-state index in [1.165, 1.54) is 32.1 Å². The number of nitrogens with one attached hydrogen (secondary N) is 1. The normalized spacial score (nSPS) is 30.1. The Morgan fingerprint density at radius 1 is 0.944 bits per heavy atom. The van der Waals surface area contributed by atoms with Crippen molar-refractivity contribution in [1.29, 1.82) is 0 Å². The number of nitrogens with two attached hydrogens (primary N) is 1. The topological polar surface area (TPSA) is 55.1 Å². The van der Waals surface area contributed by atoms with E-state index >= 15 is 0 Å². The van der Waals surface area contributed by atoms with Gasteiger partial charge in [0.1, 0.15) is 0 Å². The van der Waals surface area contributed by atoms with Crippen LogP contribution >= 0.6 is 0 Å². The van der Waals surface area contributed by atoms with Crippen LogP contribution in [-0.4, -0.2) is 19.0 Å². The van der Waals surface area contributed by atoms with E-state index < -0.39 is 0 Å². The van der Waals surface area contributed by atoms with Crippen molar-refractivity contribution in [1.82, 2.24) is 5.32 Å². The summed E-state index contributed by atoms with van der Waals surface area (Å²) in [6.45, 7) is 1.70. The van der Waals surface area contributed by atoms with Gasteiger partial charge in [0, 0.05) is 12.5 Å². The van der Waals surface area contributed by atoms with E-state index in [9.17, 15) is 4.79 Å². The maximum atomic E-state index is 12.1. The smallest absolute Gasteiger partial charge is 0.223 e. The van der Waals surface area contributed by atoms with E-state index in [0.717, 1.165) is 44.7 Å². The minimum atomic E-state index is 0.261. The SMILES string of the molecule is NCC1CCC(C(=O)NCC2CCCCC2)CC1. The zero-order chi connectivity index (χ0) is 12.8. The van der Waals surface area contributed by atoms with Crippen molar-refractivity contribution in [3.8, 4) is 0 Å². The average Bonchev–Trinajstić information content (AvgIpc) is 2.46. The lowest BCUT2D eigenvalue weighted by Crippen LogP contribution is -2.37. The number of carbonyl (C=O) groups excluding carboxylic acids is 1. The largest absolute Gasteiger partial charge is 0.356 e. The Morgan fingerprint density at radius 2 is 1.61 bits per heavy atom.